The van der Waals surface area contributed by atoms with Crippen molar-refractivity contribution in [1.82, 2.24) is 0 Å². The molecule has 0 aliphatic carbocycles. The first-order valence-corrected chi connectivity index (χ1v) is 5.38. The van der Waals surface area contributed by atoms with Crippen LogP contribution in [0.2, 0.25) is 5.02 Å². The Morgan fingerprint density at radius 3 is 2.85 bits per heavy atom. The van der Waals surface area contributed by atoms with E-state index in [1.54, 1.807) is 6.07 Å². The van der Waals surface area contributed by atoms with Gasteiger partial charge in [0.25, 0.3) is 0 Å². The summed E-state index contributed by atoms with van der Waals surface area (Å²) in [4.78, 5) is 0. The van der Waals surface area contributed by atoms with Crippen LogP contribution < -0.4 is 4.74 Å². The van der Waals surface area contributed by atoms with Crippen LogP contribution >= 0.6 is 27.5 Å². The normalized spacial score (nSPS) is 10.1. The Morgan fingerprint density at radius 1 is 1.46 bits per heavy atom. The van der Waals surface area contributed by atoms with Crippen molar-refractivity contribution in [2.24, 2.45) is 0 Å². The lowest BCUT2D eigenvalue weighted by Gasteiger charge is -2.04. The molecule has 0 radical (unpaired) electrons. The summed E-state index contributed by atoms with van der Waals surface area (Å²) >= 11 is 8.85. The van der Waals surface area contributed by atoms with Gasteiger partial charge in [-0.3, -0.25) is 0 Å². The molecule has 0 N–H and O–H groups in total. The quantitative estimate of drug-likeness (QED) is 0.598. The van der Waals surface area contributed by atoms with Gasteiger partial charge in [-0.05, 0) is 18.6 Å². The summed E-state index contributed by atoms with van der Waals surface area (Å²) < 4.78 is 18.0. The van der Waals surface area contributed by atoms with Crippen LogP contribution in [0.4, 0.5) is 4.39 Å². The van der Waals surface area contributed by atoms with Crippen LogP contribution in [-0.4, -0.2) is 11.9 Å². The number of rotatable bonds is 4. The second kappa shape index (κ2) is 5.45. The van der Waals surface area contributed by atoms with E-state index >= 15 is 0 Å². The van der Waals surface area contributed by atoms with Gasteiger partial charge in [0.15, 0.2) is 0 Å². The lowest BCUT2D eigenvalue weighted by molar-refractivity contribution is 0.318. The van der Waals surface area contributed by atoms with E-state index in [2.05, 4.69) is 15.9 Å². The van der Waals surface area contributed by atoms with E-state index < -0.39 is 5.82 Å². The van der Waals surface area contributed by atoms with E-state index in [0.717, 1.165) is 11.8 Å². The van der Waals surface area contributed by atoms with Crippen LogP contribution in [0, 0.1) is 5.82 Å². The molecule has 13 heavy (non-hydrogen) atoms. The number of hydrogen-bond donors (Lipinski definition) is 0. The summed E-state index contributed by atoms with van der Waals surface area (Å²) in [6.07, 6.45) is 0.912. The summed E-state index contributed by atoms with van der Waals surface area (Å²) in [6, 6.07) is 4.34. The molecule has 0 amide bonds. The maximum absolute atomic E-state index is 12.7. The van der Waals surface area contributed by atoms with Crippen LogP contribution in [0.15, 0.2) is 18.2 Å². The molecule has 1 aromatic rings. The van der Waals surface area contributed by atoms with Crippen LogP contribution in [0.1, 0.15) is 6.42 Å². The Morgan fingerprint density at radius 2 is 2.23 bits per heavy atom. The van der Waals surface area contributed by atoms with Crippen LogP contribution in [0.5, 0.6) is 5.75 Å². The fourth-order valence-corrected chi connectivity index (χ4v) is 1.21. The van der Waals surface area contributed by atoms with Crippen molar-refractivity contribution in [2.45, 2.75) is 6.42 Å². The number of ether oxygens (including phenoxy) is 1. The highest BCUT2D eigenvalue weighted by Gasteiger charge is 2.00. The van der Waals surface area contributed by atoms with Crippen molar-refractivity contribution in [3.63, 3.8) is 0 Å². The summed E-state index contributed by atoms with van der Waals surface area (Å²) in [6.45, 7) is 0.604. The molecule has 0 saturated carbocycles. The predicted molar refractivity (Wildman–Crippen MR) is 55.3 cm³/mol. The molecule has 0 unspecified atom stereocenters. The molecular formula is C9H9BrClFO. The minimum Gasteiger partial charge on any atom is -0.494 e. The first-order chi connectivity index (χ1) is 6.24. The van der Waals surface area contributed by atoms with Gasteiger partial charge in [-0.25, -0.2) is 4.39 Å². The van der Waals surface area contributed by atoms with Gasteiger partial charge >= 0.3 is 0 Å². The van der Waals surface area contributed by atoms with Crippen molar-refractivity contribution in [2.75, 3.05) is 11.9 Å². The molecule has 0 bridgehead atoms. The van der Waals surface area contributed by atoms with Gasteiger partial charge in [0.2, 0.25) is 0 Å². The molecule has 0 heterocycles. The molecule has 0 aliphatic rings. The fourth-order valence-electron chi connectivity index (χ4n) is 0.811. The molecule has 0 aliphatic heterocycles. The highest BCUT2D eigenvalue weighted by atomic mass is 79.9. The summed E-state index contributed by atoms with van der Waals surface area (Å²) in [5.41, 5.74) is 0. The van der Waals surface area contributed by atoms with E-state index in [1.165, 1.54) is 12.1 Å². The second-order valence-corrected chi connectivity index (χ2v) is 3.67. The Balaban J connectivity index is 2.53. The zero-order valence-corrected chi connectivity index (χ0v) is 9.24. The van der Waals surface area contributed by atoms with Crippen molar-refractivity contribution >= 4 is 27.5 Å². The van der Waals surface area contributed by atoms with Crippen molar-refractivity contribution in [1.29, 1.82) is 0 Å². The molecule has 1 aromatic carbocycles. The van der Waals surface area contributed by atoms with Crippen LogP contribution in [0.25, 0.3) is 0 Å². The van der Waals surface area contributed by atoms with Gasteiger partial charge in [-0.15, -0.1) is 0 Å². The molecule has 0 spiro atoms. The monoisotopic (exact) mass is 266 g/mol. The predicted octanol–water partition coefficient (Wildman–Crippen LogP) is 3.64. The first kappa shape index (κ1) is 10.8. The second-order valence-electron chi connectivity index (χ2n) is 2.47. The Labute approximate surface area is 90.0 Å². The highest BCUT2D eigenvalue weighted by Crippen LogP contribution is 2.21. The Bertz CT molecular complexity index is 280. The van der Waals surface area contributed by atoms with E-state index in [0.29, 0.717) is 12.4 Å². The maximum atomic E-state index is 12.7. The molecule has 1 nitrogen and oxygen atoms in total. The van der Waals surface area contributed by atoms with Crippen molar-refractivity contribution in [3.05, 3.63) is 29.0 Å². The third kappa shape index (κ3) is 3.53. The third-order valence-corrected chi connectivity index (χ3v) is 2.29. The van der Waals surface area contributed by atoms with E-state index in [-0.39, 0.29) is 5.02 Å². The Hall–Kier alpha value is -0.280. The zero-order chi connectivity index (χ0) is 9.68. The molecule has 0 fully saturated rings. The smallest absolute Gasteiger partial charge is 0.142 e. The first-order valence-electron chi connectivity index (χ1n) is 3.88. The summed E-state index contributed by atoms with van der Waals surface area (Å²) in [7, 11) is 0. The van der Waals surface area contributed by atoms with E-state index in [9.17, 15) is 4.39 Å². The molecule has 4 heteroatoms. The average molecular weight is 268 g/mol. The minimum absolute atomic E-state index is 0.0938. The molecule has 0 atom stereocenters. The van der Waals surface area contributed by atoms with Gasteiger partial charge in [-0.2, -0.15) is 0 Å². The lowest BCUT2D eigenvalue weighted by Crippen LogP contribution is -1.97. The van der Waals surface area contributed by atoms with Crippen molar-refractivity contribution in [3.8, 4) is 5.75 Å². The SMILES string of the molecule is Fc1ccc(OCCCBr)cc1Cl. The van der Waals surface area contributed by atoms with E-state index in [4.69, 9.17) is 16.3 Å². The lowest BCUT2D eigenvalue weighted by atomic mass is 10.3. The average Bonchev–Trinajstić information content (AvgIpc) is 2.12. The van der Waals surface area contributed by atoms with Crippen molar-refractivity contribution < 1.29 is 9.13 Å². The van der Waals surface area contributed by atoms with Gasteiger partial charge in [-0.1, -0.05) is 27.5 Å². The zero-order valence-electron chi connectivity index (χ0n) is 6.90. The maximum Gasteiger partial charge on any atom is 0.142 e. The van der Waals surface area contributed by atoms with E-state index in [1.807, 2.05) is 0 Å². The standard InChI is InChI=1S/C9H9BrClFO/c10-4-1-5-13-7-2-3-9(12)8(11)6-7/h2-3,6H,1,4-5H2. The molecule has 72 valence electrons. The molecule has 0 aromatic heterocycles. The minimum atomic E-state index is -0.422. The summed E-state index contributed by atoms with van der Waals surface area (Å²) in [5, 5.41) is 0.985. The number of alkyl halides is 1. The largest absolute Gasteiger partial charge is 0.494 e. The Kier molecular flexibility index (Phi) is 4.53. The van der Waals surface area contributed by atoms with Gasteiger partial charge in [0, 0.05) is 11.4 Å². The molecule has 1 rings (SSSR count). The number of halogens is 3. The third-order valence-electron chi connectivity index (χ3n) is 1.44. The molecule has 0 saturated heterocycles. The number of hydrogen-bond acceptors (Lipinski definition) is 1. The van der Waals surface area contributed by atoms with Gasteiger partial charge < -0.3 is 4.74 Å². The summed E-state index contributed by atoms with van der Waals surface area (Å²) in [5.74, 6) is 0.182. The van der Waals surface area contributed by atoms with Crippen LogP contribution in [0.3, 0.4) is 0 Å². The topological polar surface area (TPSA) is 9.23 Å². The highest BCUT2D eigenvalue weighted by molar-refractivity contribution is 9.09. The number of benzene rings is 1. The molecular weight excluding hydrogens is 258 g/mol. The van der Waals surface area contributed by atoms with Gasteiger partial charge in [0.1, 0.15) is 11.6 Å². The van der Waals surface area contributed by atoms with Crippen LogP contribution in [-0.2, 0) is 0 Å². The fraction of sp³-hybridized carbons (Fsp3) is 0.333. The van der Waals surface area contributed by atoms with Gasteiger partial charge in [0.05, 0.1) is 11.6 Å².